The van der Waals surface area contributed by atoms with Crippen molar-refractivity contribution in [3.63, 3.8) is 0 Å². The summed E-state index contributed by atoms with van der Waals surface area (Å²) in [4.78, 5) is 17.1. The normalized spacial score (nSPS) is 11.8. The minimum Gasteiger partial charge on any atom is -0.497 e. The van der Waals surface area contributed by atoms with E-state index in [2.05, 4.69) is 40.1 Å². The van der Waals surface area contributed by atoms with Crippen molar-refractivity contribution in [1.29, 1.82) is 0 Å². The number of para-hydroxylation sites is 1. The molecule has 0 saturated heterocycles. The fourth-order valence-corrected chi connectivity index (χ4v) is 4.21. The highest BCUT2D eigenvalue weighted by Crippen LogP contribution is 2.37. The second-order valence-corrected chi connectivity index (χ2v) is 7.92. The van der Waals surface area contributed by atoms with Gasteiger partial charge in [-0.05, 0) is 53.9 Å². The highest BCUT2D eigenvalue weighted by Gasteiger charge is 2.24. The number of methoxy groups -OCH3 is 2. The molecule has 0 fully saturated rings. The topological polar surface area (TPSA) is 65.4 Å². The fraction of sp³-hybridized carbons (Fsp3) is 0.259. The van der Waals surface area contributed by atoms with Crippen molar-refractivity contribution in [2.45, 2.75) is 32.4 Å². The third-order valence-corrected chi connectivity index (χ3v) is 5.94. The molecule has 4 aromatic rings. The first-order valence-corrected chi connectivity index (χ1v) is 11.1. The standard InChI is InChI=1S/C27H29N3O3/c1-4-30-18-25(23-7-5-6-8-26(23)30)24(20-13-21(32-2)15-22(14-20)33-3)16-27(31)29-17-19-9-11-28-12-10-19/h5-15,18,24H,4,16-17H2,1-3H3,(H,29,31)/t24-/m0/s1. The number of benzene rings is 2. The number of carbonyl (C=O) groups is 1. The van der Waals surface area contributed by atoms with Gasteiger partial charge in [0.1, 0.15) is 11.5 Å². The number of nitrogens with zero attached hydrogens (tertiary/aromatic N) is 2. The predicted molar refractivity (Wildman–Crippen MR) is 130 cm³/mol. The summed E-state index contributed by atoms with van der Waals surface area (Å²) in [5.74, 6) is 1.22. The van der Waals surface area contributed by atoms with Gasteiger partial charge in [-0.15, -0.1) is 0 Å². The maximum atomic E-state index is 13.1. The first-order chi connectivity index (χ1) is 16.1. The molecule has 0 aliphatic rings. The van der Waals surface area contributed by atoms with Crippen molar-refractivity contribution in [2.24, 2.45) is 0 Å². The zero-order chi connectivity index (χ0) is 23.2. The number of aromatic nitrogens is 2. The molecule has 170 valence electrons. The van der Waals surface area contributed by atoms with Gasteiger partial charge >= 0.3 is 0 Å². The van der Waals surface area contributed by atoms with Crippen LogP contribution in [0.25, 0.3) is 10.9 Å². The molecule has 4 rings (SSSR count). The van der Waals surface area contributed by atoms with Crippen LogP contribution in [-0.2, 0) is 17.9 Å². The quantitative estimate of drug-likeness (QED) is 0.399. The van der Waals surface area contributed by atoms with Gasteiger partial charge in [-0.3, -0.25) is 9.78 Å². The molecule has 0 aliphatic heterocycles. The summed E-state index contributed by atoms with van der Waals surface area (Å²) in [6.45, 7) is 3.44. The average molecular weight is 444 g/mol. The van der Waals surface area contributed by atoms with Crippen LogP contribution >= 0.6 is 0 Å². The van der Waals surface area contributed by atoms with Gasteiger partial charge < -0.3 is 19.4 Å². The molecular weight excluding hydrogens is 414 g/mol. The van der Waals surface area contributed by atoms with E-state index in [1.807, 2.05) is 42.5 Å². The highest BCUT2D eigenvalue weighted by atomic mass is 16.5. The van der Waals surface area contributed by atoms with Gasteiger partial charge in [0, 0.05) is 61.0 Å². The molecule has 2 aromatic heterocycles. The maximum absolute atomic E-state index is 13.1. The number of fused-ring (bicyclic) bond motifs is 1. The lowest BCUT2D eigenvalue weighted by molar-refractivity contribution is -0.121. The van der Waals surface area contributed by atoms with Crippen molar-refractivity contribution in [3.8, 4) is 11.5 Å². The lowest BCUT2D eigenvalue weighted by atomic mass is 9.87. The van der Waals surface area contributed by atoms with E-state index in [1.54, 1.807) is 26.6 Å². The lowest BCUT2D eigenvalue weighted by Gasteiger charge is -2.19. The van der Waals surface area contributed by atoms with Crippen molar-refractivity contribution >= 4 is 16.8 Å². The molecule has 0 spiro atoms. The Labute approximate surface area is 194 Å². The zero-order valence-electron chi connectivity index (χ0n) is 19.2. The smallest absolute Gasteiger partial charge is 0.221 e. The summed E-state index contributed by atoms with van der Waals surface area (Å²) in [6, 6.07) is 18.0. The molecule has 1 atom stereocenters. The summed E-state index contributed by atoms with van der Waals surface area (Å²) < 4.78 is 13.3. The summed E-state index contributed by atoms with van der Waals surface area (Å²) in [5.41, 5.74) is 4.26. The molecular formula is C27H29N3O3. The van der Waals surface area contributed by atoms with E-state index >= 15 is 0 Å². The Morgan fingerprint density at radius 1 is 1.03 bits per heavy atom. The Balaban J connectivity index is 1.73. The monoisotopic (exact) mass is 443 g/mol. The molecule has 6 nitrogen and oxygen atoms in total. The van der Waals surface area contributed by atoms with Crippen LogP contribution in [0.5, 0.6) is 11.5 Å². The van der Waals surface area contributed by atoms with E-state index in [4.69, 9.17) is 9.47 Å². The Morgan fingerprint density at radius 2 is 1.73 bits per heavy atom. The summed E-state index contributed by atoms with van der Waals surface area (Å²) in [6.07, 6.45) is 5.93. The largest absolute Gasteiger partial charge is 0.497 e. The Morgan fingerprint density at radius 3 is 2.39 bits per heavy atom. The van der Waals surface area contributed by atoms with Crippen LogP contribution < -0.4 is 14.8 Å². The van der Waals surface area contributed by atoms with Gasteiger partial charge in [0.25, 0.3) is 0 Å². The number of hydrogen-bond acceptors (Lipinski definition) is 4. The minimum atomic E-state index is -0.163. The second-order valence-electron chi connectivity index (χ2n) is 7.92. The molecule has 2 aromatic carbocycles. The molecule has 0 radical (unpaired) electrons. The zero-order valence-corrected chi connectivity index (χ0v) is 19.2. The Bertz CT molecular complexity index is 1210. The lowest BCUT2D eigenvalue weighted by Crippen LogP contribution is -2.25. The van der Waals surface area contributed by atoms with Gasteiger partial charge in [-0.1, -0.05) is 18.2 Å². The molecule has 0 aliphatic carbocycles. The molecule has 6 heteroatoms. The molecule has 0 bridgehead atoms. The minimum absolute atomic E-state index is 0.0214. The fourth-order valence-electron chi connectivity index (χ4n) is 4.21. The third kappa shape index (κ3) is 5.00. The van der Waals surface area contributed by atoms with E-state index < -0.39 is 0 Å². The number of nitrogens with one attached hydrogen (secondary N) is 1. The third-order valence-electron chi connectivity index (χ3n) is 5.94. The van der Waals surface area contributed by atoms with Crippen molar-refractivity contribution in [2.75, 3.05) is 14.2 Å². The van der Waals surface area contributed by atoms with E-state index in [9.17, 15) is 4.79 Å². The van der Waals surface area contributed by atoms with Crippen LogP contribution in [0.1, 0.15) is 36.0 Å². The van der Waals surface area contributed by atoms with E-state index in [0.29, 0.717) is 24.5 Å². The first-order valence-electron chi connectivity index (χ1n) is 11.1. The van der Waals surface area contributed by atoms with Crippen LogP contribution in [0.4, 0.5) is 0 Å². The Kier molecular flexibility index (Phi) is 6.93. The molecule has 33 heavy (non-hydrogen) atoms. The van der Waals surface area contributed by atoms with Crippen LogP contribution in [0, 0.1) is 0 Å². The number of ether oxygens (including phenoxy) is 2. The number of pyridine rings is 1. The van der Waals surface area contributed by atoms with E-state index in [1.165, 1.54) is 0 Å². The van der Waals surface area contributed by atoms with Crippen LogP contribution in [0.3, 0.4) is 0 Å². The number of carbonyl (C=O) groups excluding carboxylic acids is 1. The number of amides is 1. The molecule has 1 N–H and O–H groups in total. The molecule has 0 saturated carbocycles. The van der Waals surface area contributed by atoms with Gasteiger partial charge in [-0.2, -0.15) is 0 Å². The van der Waals surface area contributed by atoms with E-state index in [-0.39, 0.29) is 11.8 Å². The van der Waals surface area contributed by atoms with E-state index in [0.717, 1.165) is 34.1 Å². The van der Waals surface area contributed by atoms with Gasteiger partial charge in [0.2, 0.25) is 5.91 Å². The summed E-state index contributed by atoms with van der Waals surface area (Å²) >= 11 is 0. The number of hydrogen-bond donors (Lipinski definition) is 1. The molecule has 1 amide bonds. The van der Waals surface area contributed by atoms with Crippen molar-refractivity contribution < 1.29 is 14.3 Å². The van der Waals surface area contributed by atoms with Crippen molar-refractivity contribution in [1.82, 2.24) is 14.9 Å². The highest BCUT2D eigenvalue weighted by molar-refractivity contribution is 5.86. The number of rotatable bonds is 9. The van der Waals surface area contributed by atoms with Crippen LogP contribution in [0.2, 0.25) is 0 Å². The molecule has 0 unspecified atom stereocenters. The first kappa shape index (κ1) is 22.4. The van der Waals surface area contributed by atoms with Crippen LogP contribution in [0.15, 0.2) is 73.2 Å². The van der Waals surface area contributed by atoms with Crippen LogP contribution in [-0.4, -0.2) is 29.7 Å². The molecule has 2 heterocycles. The Hall–Kier alpha value is -3.80. The predicted octanol–water partition coefficient (Wildman–Crippen LogP) is 4.91. The summed E-state index contributed by atoms with van der Waals surface area (Å²) in [5, 5.41) is 4.21. The van der Waals surface area contributed by atoms with Gasteiger partial charge in [-0.25, -0.2) is 0 Å². The maximum Gasteiger partial charge on any atom is 0.221 e. The second kappa shape index (κ2) is 10.2. The SMILES string of the molecule is CCn1cc([C@@H](CC(=O)NCc2ccncc2)c2cc(OC)cc(OC)c2)c2ccccc21. The average Bonchev–Trinajstić information content (AvgIpc) is 3.25. The van der Waals surface area contributed by atoms with Gasteiger partial charge in [0.15, 0.2) is 0 Å². The number of aryl methyl sites for hydroxylation is 1. The summed E-state index contributed by atoms with van der Waals surface area (Å²) in [7, 11) is 3.27. The van der Waals surface area contributed by atoms with Crippen molar-refractivity contribution in [3.05, 3.63) is 89.9 Å². The van der Waals surface area contributed by atoms with Gasteiger partial charge in [0.05, 0.1) is 14.2 Å².